The van der Waals surface area contributed by atoms with E-state index in [1.165, 1.54) is 0 Å². The number of H-pyrrole nitrogens is 1. The number of benzene rings is 1. The normalized spacial score (nSPS) is 14.5. The summed E-state index contributed by atoms with van der Waals surface area (Å²) in [6.45, 7) is 2.73. The lowest BCUT2D eigenvalue weighted by molar-refractivity contribution is 0.248. The molecule has 3 aromatic heterocycles. The van der Waals surface area contributed by atoms with Gasteiger partial charge in [-0.05, 0) is 37.1 Å². The third-order valence-corrected chi connectivity index (χ3v) is 5.57. The Labute approximate surface area is 193 Å². The number of anilines is 2. The first kappa shape index (κ1) is 22.5. The van der Waals surface area contributed by atoms with Crippen molar-refractivity contribution < 1.29 is 9.13 Å². The molecule has 1 aliphatic rings. The predicted octanol–water partition coefficient (Wildman–Crippen LogP) is 2.72. The lowest BCUT2D eigenvalue weighted by Crippen LogP contribution is -2.26. The molecule has 1 atom stereocenters. The molecular formula is C21H22ClFN8O2. The van der Waals surface area contributed by atoms with Gasteiger partial charge in [0.25, 0.3) is 0 Å². The van der Waals surface area contributed by atoms with E-state index in [0.717, 1.165) is 18.5 Å². The molecular weight excluding hydrogens is 451 g/mol. The maximum absolute atomic E-state index is 15.4. The fourth-order valence-electron chi connectivity index (χ4n) is 3.97. The molecule has 4 N–H and O–H groups in total. The van der Waals surface area contributed by atoms with E-state index in [9.17, 15) is 4.79 Å². The van der Waals surface area contributed by atoms with Crippen LogP contribution in [0.1, 0.15) is 25.1 Å². The number of pyridine rings is 2. The zero-order valence-electron chi connectivity index (χ0n) is 17.7. The Balaban J connectivity index is 0.00000259. The lowest BCUT2D eigenvalue weighted by Gasteiger charge is -2.29. The van der Waals surface area contributed by atoms with E-state index in [1.54, 1.807) is 12.4 Å². The number of nitrogen functional groups attached to an aromatic ring is 1. The van der Waals surface area contributed by atoms with Gasteiger partial charge in [0.2, 0.25) is 11.3 Å². The Morgan fingerprint density at radius 3 is 2.97 bits per heavy atom. The number of halogens is 2. The van der Waals surface area contributed by atoms with Crippen molar-refractivity contribution in [3.05, 3.63) is 52.3 Å². The minimum absolute atomic E-state index is 0. The zero-order valence-corrected chi connectivity index (χ0v) is 18.5. The molecule has 172 valence electrons. The van der Waals surface area contributed by atoms with Crippen molar-refractivity contribution in [2.75, 3.05) is 24.2 Å². The van der Waals surface area contributed by atoms with Gasteiger partial charge in [-0.1, -0.05) is 6.07 Å². The summed E-state index contributed by atoms with van der Waals surface area (Å²) in [4.78, 5) is 17.5. The highest BCUT2D eigenvalue weighted by Gasteiger charge is 2.30. The Bertz CT molecular complexity index is 1340. The molecule has 4 heterocycles. The molecule has 10 nitrogen and oxygen atoms in total. The van der Waals surface area contributed by atoms with Gasteiger partial charge >= 0.3 is 0 Å². The van der Waals surface area contributed by atoms with Crippen molar-refractivity contribution in [2.24, 2.45) is 0 Å². The number of nitrogens with one attached hydrogen (secondary N) is 2. The van der Waals surface area contributed by atoms with Gasteiger partial charge in [-0.25, -0.2) is 4.39 Å². The number of hydrogen-bond donors (Lipinski definition) is 3. The summed E-state index contributed by atoms with van der Waals surface area (Å²) in [5.41, 5.74) is 7.18. The number of nitrogens with two attached hydrogens (primary N) is 1. The van der Waals surface area contributed by atoms with Crippen molar-refractivity contribution in [2.45, 2.75) is 25.8 Å². The topological polar surface area (TPSA) is 137 Å². The number of rotatable bonds is 6. The Morgan fingerprint density at radius 2 is 2.24 bits per heavy atom. The monoisotopic (exact) mass is 472 g/mol. The van der Waals surface area contributed by atoms with Gasteiger partial charge in [-0.3, -0.25) is 9.78 Å². The summed E-state index contributed by atoms with van der Waals surface area (Å²) in [5, 5.41) is 16.8. The molecule has 0 amide bonds. The van der Waals surface area contributed by atoms with Crippen LogP contribution in [0.15, 0.2) is 35.4 Å². The molecule has 0 fully saturated rings. The van der Waals surface area contributed by atoms with Crippen LogP contribution in [-0.2, 0) is 6.42 Å². The second-order valence-electron chi connectivity index (χ2n) is 7.68. The molecule has 0 bridgehead atoms. The second kappa shape index (κ2) is 9.02. The van der Waals surface area contributed by atoms with Crippen LogP contribution in [-0.4, -0.2) is 43.3 Å². The molecule has 33 heavy (non-hydrogen) atoms. The van der Waals surface area contributed by atoms with Gasteiger partial charge in [-0.2, -0.15) is 5.21 Å². The molecule has 0 radical (unpaired) electrons. The van der Waals surface area contributed by atoms with Crippen LogP contribution in [0, 0.1) is 5.82 Å². The standard InChI is InChI=1S/C21H21FN8O2.ClH/c1-11-10-32-20-17(25-8-4-6-12-5-2-3-7-24-12)15(22)16(23)14-18(20)30(11)9-13(19(14)31)21-26-28-29-27-21;/h2-3,5,7,9,11,25H,4,6,8,10,23H2,1H3,(H,26,27,28,29);1H/t11-;/m0./s1. The van der Waals surface area contributed by atoms with Crippen molar-refractivity contribution in [3.63, 3.8) is 0 Å². The minimum Gasteiger partial charge on any atom is -0.487 e. The average Bonchev–Trinajstić information content (AvgIpc) is 3.34. The quantitative estimate of drug-likeness (QED) is 0.288. The highest BCUT2D eigenvalue weighted by molar-refractivity contribution is 6.01. The summed E-state index contributed by atoms with van der Waals surface area (Å²) >= 11 is 0. The molecule has 12 heteroatoms. The van der Waals surface area contributed by atoms with E-state index in [4.69, 9.17) is 10.5 Å². The van der Waals surface area contributed by atoms with Gasteiger partial charge in [0.05, 0.1) is 28.2 Å². The molecule has 4 aromatic rings. The van der Waals surface area contributed by atoms with Gasteiger partial charge < -0.3 is 20.4 Å². The van der Waals surface area contributed by atoms with Gasteiger partial charge in [0, 0.05) is 24.6 Å². The van der Waals surface area contributed by atoms with E-state index < -0.39 is 11.2 Å². The first-order chi connectivity index (χ1) is 15.6. The number of ether oxygens (including phenoxy) is 1. The van der Waals surface area contributed by atoms with Crippen LogP contribution in [0.3, 0.4) is 0 Å². The van der Waals surface area contributed by atoms with Gasteiger partial charge in [-0.15, -0.1) is 22.6 Å². The number of tetrazole rings is 1. The van der Waals surface area contributed by atoms with Crippen LogP contribution < -0.4 is 21.2 Å². The van der Waals surface area contributed by atoms with E-state index in [2.05, 4.69) is 30.9 Å². The highest BCUT2D eigenvalue weighted by Crippen LogP contribution is 2.43. The number of aromatic nitrogens is 6. The van der Waals surface area contributed by atoms with E-state index >= 15 is 4.39 Å². The molecule has 0 unspecified atom stereocenters. The van der Waals surface area contributed by atoms with Crippen LogP contribution in [0.5, 0.6) is 5.75 Å². The molecule has 0 aliphatic carbocycles. The number of aryl methyl sites for hydroxylation is 1. The number of nitrogens with zero attached hydrogens (tertiary/aromatic N) is 5. The van der Waals surface area contributed by atoms with Crippen molar-refractivity contribution >= 4 is 34.7 Å². The third kappa shape index (κ3) is 3.84. The van der Waals surface area contributed by atoms with E-state index in [-0.39, 0.29) is 52.3 Å². The molecule has 1 aliphatic heterocycles. The smallest absolute Gasteiger partial charge is 0.210 e. The molecule has 5 rings (SSSR count). The van der Waals surface area contributed by atoms with Crippen molar-refractivity contribution in [1.82, 2.24) is 30.2 Å². The van der Waals surface area contributed by atoms with Crippen molar-refractivity contribution in [3.8, 4) is 17.1 Å². The van der Waals surface area contributed by atoms with Crippen molar-refractivity contribution in [1.29, 1.82) is 0 Å². The maximum atomic E-state index is 15.4. The number of hydrogen-bond acceptors (Lipinski definition) is 8. The Kier molecular flexibility index (Phi) is 6.14. The molecule has 1 aromatic carbocycles. The molecule has 0 spiro atoms. The van der Waals surface area contributed by atoms with Crippen LogP contribution >= 0.6 is 12.4 Å². The maximum Gasteiger partial charge on any atom is 0.210 e. The minimum atomic E-state index is -0.714. The Hall–Kier alpha value is -3.73. The van der Waals surface area contributed by atoms with E-state index in [0.29, 0.717) is 18.7 Å². The SMILES string of the molecule is C[C@H]1COc2c(NCCCc3ccccn3)c(F)c(N)c3c(=O)c(-c4nn[nH]n4)cn1c23.Cl. The fraction of sp³-hybridized carbons (Fsp3) is 0.286. The molecule has 0 saturated heterocycles. The summed E-state index contributed by atoms with van der Waals surface area (Å²) in [6.07, 6.45) is 4.86. The molecule has 0 saturated carbocycles. The largest absolute Gasteiger partial charge is 0.487 e. The number of aromatic amines is 1. The predicted molar refractivity (Wildman–Crippen MR) is 124 cm³/mol. The second-order valence-corrected chi connectivity index (χ2v) is 7.68. The third-order valence-electron chi connectivity index (χ3n) is 5.57. The average molecular weight is 473 g/mol. The van der Waals surface area contributed by atoms with Gasteiger partial charge in [0.15, 0.2) is 11.6 Å². The summed E-state index contributed by atoms with van der Waals surface area (Å²) in [6, 6.07) is 5.63. The van der Waals surface area contributed by atoms with Crippen LogP contribution in [0.2, 0.25) is 0 Å². The summed E-state index contributed by atoms with van der Waals surface area (Å²) < 4.78 is 23.1. The first-order valence-corrected chi connectivity index (χ1v) is 10.3. The lowest BCUT2D eigenvalue weighted by atomic mass is 10.0. The zero-order chi connectivity index (χ0) is 22.2. The highest BCUT2D eigenvalue weighted by atomic mass is 35.5. The van der Waals surface area contributed by atoms with Crippen LogP contribution in [0.25, 0.3) is 22.3 Å². The van der Waals surface area contributed by atoms with E-state index in [1.807, 2.05) is 29.7 Å². The first-order valence-electron chi connectivity index (χ1n) is 10.3. The van der Waals surface area contributed by atoms with Crippen LogP contribution in [0.4, 0.5) is 15.8 Å². The fourth-order valence-corrected chi connectivity index (χ4v) is 3.97. The summed E-state index contributed by atoms with van der Waals surface area (Å²) in [5.74, 6) is -0.314. The van der Waals surface area contributed by atoms with Gasteiger partial charge in [0.1, 0.15) is 12.3 Å². The summed E-state index contributed by atoms with van der Waals surface area (Å²) in [7, 11) is 0. The Morgan fingerprint density at radius 1 is 1.39 bits per heavy atom.